The van der Waals surface area contributed by atoms with E-state index in [1.165, 1.54) is 25.3 Å². The average Bonchev–Trinajstić information content (AvgIpc) is 1.61. The van der Waals surface area contributed by atoms with Crippen molar-refractivity contribution in [2.24, 2.45) is 33.2 Å². The third kappa shape index (κ3) is 23.0. The smallest absolute Gasteiger partial charge is 0.271 e. The maximum absolute atomic E-state index is 7.34. The van der Waals surface area contributed by atoms with Gasteiger partial charge in [-0.25, -0.2) is 68.6 Å². The highest BCUT2D eigenvalue weighted by Crippen LogP contribution is 2.46. The van der Waals surface area contributed by atoms with Gasteiger partial charge in [0.2, 0.25) is 5.82 Å². The summed E-state index contributed by atoms with van der Waals surface area (Å²) >= 11 is 18.5. The van der Waals surface area contributed by atoms with Crippen LogP contribution in [0.1, 0.15) is 129 Å². The molecule has 18 heterocycles. The Balaban J connectivity index is 0.000000127. The number of halogens is 3. The van der Waals surface area contributed by atoms with E-state index in [1.54, 1.807) is 95.7 Å². The predicted molar refractivity (Wildman–Crippen MR) is 567 cm³/mol. The number of anilines is 8. The maximum Gasteiger partial charge on any atom is 0.271 e. The van der Waals surface area contributed by atoms with Crippen LogP contribution in [0.5, 0.6) is 23.0 Å². The Kier molecular flexibility index (Phi) is 32.4. The molecule has 4 aromatic carbocycles. The summed E-state index contributed by atoms with van der Waals surface area (Å²) in [5.41, 5.74) is 30.0. The van der Waals surface area contributed by atoms with E-state index in [-0.39, 0.29) is 18.7 Å². The minimum atomic E-state index is -0.119. The maximum atomic E-state index is 7.34. The van der Waals surface area contributed by atoms with Crippen molar-refractivity contribution in [3.05, 3.63) is 272 Å². The monoisotopic (exact) mass is 2050 g/mol. The molecule has 0 saturated carbocycles. The molecule has 0 spiro atoms. The minimum Gasteiger partial charge on any atom is -0.494 e. The second-order valence-electron chi connectivity index (χ2n) is 34.5. The van der Waals surface area contributed by atoms with Crippen LogP contribution in [0.2, 0.25) is 15.3 Å². The molecule has 3 atom stereocenters. The number of para-hydroxylation sites is 4. The molecule has 7 N–H and O–H groups in total. The van der Waals surface area contributed by atoms with Crippen molar-refractivity contribution in [2.45, 2.75) is 123 Å². The lowest BCUT2D eigenvalue weighted by atomic mass is 10.1. The first kappa shape index (κ1) is 102. The van der Waals surface area contributed by atoms with E-state index in [9.17, 15) is 0 Å². The second kappa shape index (κ2) is 46.8. The molecule has 14 aromatic heterocycles. The lowest BCUT2D eigenvalue weighted by Crippen LogP contribution is -2.19. The summed E-state index contributed by atoms with van der Waals surface area (Å²) in [5, 5.41) is 28.4. The summed E-state index contributed by atoms with van der Waals surface area (Å²) in [4.78, 5) is 77.6. The highest BCUT2D eigenvalue weighted by Gasteiger charge is 2.31. The van der Waals surface area contributed by atoms with Crippen LogP contribution in [0.4, 0.5) is 68.8 Å². The molecule has 0 bridgehead atoms. The average molecular weight is 2050 g/mol. The fourth-order valence-electron chi connectivity index (χ4n) is 17.9. The van der Waals surface area contributed by atoms with Gasteiger partial charge < -0.3 is 75.1 Å². The number of pyridine rings is 7. The van der Waals surface area contributed by atoms with Crippen LogP contribution in [0, 0.1) is 40.5 Å². The van der Waals surface area contributed by atoms with E-state index in [0.717, 1.165) is 207 Å². The number of aromatic nitrogens is 25. The van der Waals surface area contributed by atoms with Crippen molar-refractivity contribution in [3.8, 4) is 68.5 Å². The van der Waals surface area contributed by atoms with Gasteiger partial charge in [-0.3, -0.25) is 23.7 Å². The summed E-state index contributed by atoms with van der Waals surface area (Å²) < 4.78 is 53.5. The molecular formula is C104H105Cl3N34O7. The second-order valence-corrected chi connectivity index (χ2v) is 35.7. The zero-order valence-corrected chi connectivity index (χ0v) is 85.5. The highest BCUT2D eigenvalue weighted by atomic mass is 35.5. The number of nitrogens with zero attached hydrogens (tertiary/aromatic N) is 29. The van der Waals surface area contributed by atoms with Crippen LogP contribution in [0.25, 0.3) is 93.6 Å². The number of nitrogen functional groups attached to an aromatic ring is 2. The molecule has 4 aliphatic rings. The number of methoxy groups -OCH3 is 4. The van der Waals surface area contributed by atoms with E-state index in [4.69, 9.17) is 124 Å². The number of hydrogen-bond acceptors (Lipinski definition) is 31. The van der Waals surface area contributed by atoms with Crippen molar-refractivity contribution >= 4 is 143 Å². The van der Waals surface area contributed by atoms with Crippen molar-refractivity contribution in [3.63, 3.8) is 0 Å². The SMILES string of the molecule is COc1c(N)cccc1-c1ncnn1C.COc1c(Nc2cc(Cl)nc3c2nc(C)n3C2CCCCO2)cccc1-c1ncnn1C.Cc1nc2c(Cl)cc(Cl)nc2n1C1CCCCO1.[C-]#[N+]c1cccc(Cc2cc(Nc3cccc(-c4ncnn4C)c3OC)c3c(n2)CC(C)=N3)n1.[C-]#[N+]c1cccc(Cc2cc(Nc3cccc(-c4ncnn4C)c3OC)c3nc(C)n(C4CCCCO4)c3n2)n1.[C-]#[N+]c1cccc(N)n1. The number of ether oxygens (including phenoxy) is 7. The van der Waals surface area contributed by atoms with Gasteiger partial charge in [-0.1, -0.05) is 97.0 Å². The fourth-order valence-corrected chi connectivity index (χ4v) is 18.6. The number of nitrogens with two attached hydrogens (primary N) is 2. The van der Waals surface area contributed by atoms with E-state index >= 15 is 0 Å². The van der Waals surface area contributed by atoms with Gasteiger partial charge in [-0.05, 0) is 183 Å². The summed E-state index contributed by atoms with van der Waals surface area (Å²) in [6, 6.07) is 46.4. The third-order valence-corrected chi connectivity index (χ3v) is 25.2. The fraction of sp³-hybridized carbons (Fsp3) is 0.288. The number of rotatable bonds is 21. The van der Waals surface area contributed by atoms with Crippen molar-refractivity contribution in [2.75, 3.05) is 75.7 Å². The normalized spacial score (nSPS) is 14.5. The van der Waals surface area contributed by atoms with E-state index in [0.29, 0.717) is 127 Å². The van der Waals surface area contributed by atoms with Gasteiger partial charge in [0.1, 0.15) is 105 Å². The molecular weight excluding hydrogens is 1940 g/mol. The summed E-state index contributed by atoms with van der Waals surface area (Å²) in [7, 11) is 13.9. The molecule has 0 aliphatic carbocycles. The molecule has 754 valence electrons. The Morgan fingerprint density at radius 3 is 1.15 bits per heavy atom. The van der Waals surface area contributed by atoms with E-state index in [2.05, 4.69) is 105 Å². The van der Waals surface area contributed by atoms with Crippen LogP contribution >= 0.6 is 34.8 Å². The van der Waals surface area contributed by atoms with Gasteiger partial charge in [0, 0.05) is 72.3 Å². The Labute approximate surface area is 866 Å². The standard InChI is InChI=1S/C29H29N9O2.C25H22N8O.C22H24ClN7O2.C12H13Cl2N3O.C10H12N4O.C6H5N3/c1-18-33-26-23(36-22-11-8-10-21(27(22)39-4)28-31-17-32-37(28)3)16-20(15-19-9-7-12-24(30-2)34-19)35-29(26)38(18)25-13-5-6-14-40-25;1-15-11-20-23(29-15)21(13-17(30-20)12-16-7-5-10-22(26-2)31-16)32-19-9-6-8-18(24(19)34-4)25-27-14-28-33(25)3;1-13-26-19-16(11-17(23)28-22(19)30(13)18-9-4-5-10-32-18)27-15-8-6-7-14(20(15)31-3)21-24-12-25-29(21)2;1-7-15-11-8(13)6-9(14)16-12(11)17(7)10-4-2-3-5-18-10;1-14-10(12-6-13-14)7-4-3-5-8(11)9(7)15-2;1-8-6-4-2-3-5(7)9-6/h7-12,16-17,25H,5-6,13-15H2,1,3-4H3,(H,35,36);5-10,13-14H,11-12H2,1,3-4H3,(H,30,32);6-8,11-12,18H,4-5,9-10H2,1-3H3,(H,27,28);6,10H,2-5H2,1H3;3-6H,11H2,1-2H3;2-4H,(H2,7,9). The van der Waals surface area contributed by atoms with Gasteiger partial charge in [0.15, 0.2) is 63.2 Å². The number of imidazole rings is 3. The molecule has 22 rings (SSSR count). The number of nitrogens with one attached hydrogen (secondary N) is 3. The molecule has 41 nitrogen and oxygen atoms in total. The molecule has 0 radical (unpaired) electrons. The predicted octanol–water partition coefficient (Wildman–Crippen LogP) is 21.0. The first-order valence-electron chi connectivity index (χ1n) is 47.4. The summed E-state index contributed by atoms with van der Waals surface area (Å²) in [5.74, 6) is 9.43. The zero-order valence-electron chi connectivity index (χ0n) is 83.2. The lowest BCUT2D eigenvalue weighted by Gasteiger charge is -2.25. The molecule has 44 heteroatoms. The number of aliphatic imine (C=N–C) groups is 1. The van der Waals surface area contributed by atoms with Gasteiger partial charge in [0.25, 0.3) is 17.5 Å². The van der Waals surface area contributed by atoms with Gasteiger partial charge in [-0.2, -0.15) is 20.4 Å². The quantitative estimate of drug-likeness (QED) is 0.0253. The van der Waals surface area contributed by atoms with Crippen LogP contribution in [0.3, 0.4) is 0 Å². The number of fused-ring (bicyclic) bond motifs is 4. The molecule has 3 fully saturated rings. The number of benzene rings is 4. The number of aryl methyl sites for hydroxylation is 7. The van der Waals surface area contributed by atoms with Gasteiger partial charge >= 0.3 is 0 Å². The van der Waals surface area contributed by atoms with Crippen LogP contribution < -0.4 is 46.4 Å². The van der Waals surface area contributed by atoms with Gasteiger partial charge in [-0.15, -0.1) is 15.0 Å². The van der Waals surface area contributed by atoms with E-state index < -0.39 is 0 Å². The highest BCUT2D eigenvalue weighted by molar-refractivity contribution is 6.37. The van der Waals surface area contributed by atoms with Crippen LogP contribution in [-0.4, -0.2) is 177 Å². The Morgan fingerprint density at radius 1 is 0.385 bits per heavy atom. The van der Waals surface area contributed by atoms with Crippen molar-refractivity contribution in [1.29, 1.82) is 0 Å². The largest absolute Gasteiger partial charge is 0.494 e. The molecule has 3 saturated heterocycles. The van der Waals surface area contributed by atoms with Crippen molar-refractivity contribution < 1.29 is 33.2 Å². The topological polar surface area (TPSA) is 445 Å². The molecule has 3 unspecified atom stereocenters. The zero-order chi connectivity index (χ0) is 104. The Morgan fingerprint density at radius 2 is 0.750 bits per heavy atom. The minimum absolute atomic E-state index is 0.00853. The first-order valence-corrected chi connectivity index (χ1v) is 48.5. The molecule has 0 amide bonds. The number of hydrogen-bond donors (Lipinski definition) is 5. The molecule has 4 aliphatic heterocycles. The lowest BCUT2D eigenvalue weighted by molar-refractivity contribution is -0.0310. The van der Waals surface area contributed by atoms with Crippen molar-refractivity contribution in [1.82, 2.24) is 123 Å². The Hall–Kier alpha value is -17.0. The summed E-state index contributed by atoms with van der Waals surface area (Å²) in [6.45, 7) is 31.2. The molecule has 148 heavy (non-hydrogen) atoms. The first-order chi connectivity index (χ1) is 71.9. The molecule has 18 aromatic rings. The Bertz CT molecular complexity index is 8030. The third-order valence-electron chi connectivity index (χ3n) is 24.5. The van der Waals surface area contributed by atoms with Crippen LogP contribution in [-0.2, 0) is 61.7 Å². The van der Waals surface area contributed by atoms with Crippen LogP contribution in [0.15, 0.2) is 182 Å². The van der Waals surface area contributed by atoms with E-state index in [1.807, 2.05) is 168 Å². The van der Waals surface area contributed by atoms with Gasteiger partial charge in [0.05, 0.1) is 125 Å². The summed E-state index contributed by atoms with van der Waals surface area (Å²) in [6.07, 6.45) is 16.9.